The summed E-state index contributed by atoms with van der Waals surface area (Å²) in [6.07, 6.45) is 2.88. The second kappa shape index (κ2) is 5.27. The van der Waals surface area contributed by atoms with Gasteiger partial charge in [-0.25, -0.2) is 0 Å². The maximum Gasteiger partial charge on any atom is 0.0553 e. The first kappa shape index (κ1) is 11.4. The summed E-state index contributed by atoms with van der Waals surface area (Å²) in [5.41, 5.74) is 2.63. The van der Waals surface area contributed by atoms with Crippen LogP contribution < -0.4 is 5.32 Å². The number of aromatic nitrogens is 2. The monoisotopic (exact) mass is 235 g/mol. The zero-order valence-electron chi connectivity index (χ0n) is 9.68. The number of hydrogen-bond donors (Lipinski definition) is 1. The second-order valence-corrected chi connectivity index (χ2v) is 4.61. The average Bonchev–Trinajstić information content (AvgIpc) is 2.88. The lowest BCUT2D eigenvalue weighted by atomic mass is 10.1. The molecule has 0 aromatic carbocycles. The second-order valence-electron chi connectivity index (χ2n) is 3.83. The number of aryl methyl sites for hydroxylation is 1. The molecule has 0 spiro atoms. The lowest BCUT2D eigenvalue weighted by Gasteiger charge is -2.17. The van der Waals surface area contributed by atoms with E-state index in [2.05, 4.69) is 40.2 Å². The van der Waals surface area contributed by atoms with Crippen LogP contribution in [0.5, 0.6) is 0 Å². The fourth-order valence-electron chi connectivity index (χ4n) is 1.90. The molecule has 0 saturated carbocycles. The Morgan fingerprint density at radius 1 is 1.50 bits per heavy atom. The van der Waals surface area contributed by atoms with Crippen molar-refractivity contribution in [2.24, 2.45) is 7.05 Å². The summed E-state index contributed by atoms with van der Waals surface area (Å²) in [6.45, 7) is 3.11. The van der Waals surface area contributed by atoms with Crippen molar-refractivity contribution in [1.82, 2.24) is 15.1 Å². The fourth-order valence-corrected chi connectivity index (χ4v) is 2.58. The van der Waals surface area contributed by atoms with Gasteiger partial charge in [-0.2, -0.15) is 16.4 Å². The minimum Gasteiger partial charge on any atom is -0.309 e. The van der Waals surface area contributed by atoms with Crippen LogP contribution in [0.25, 0.3) is 0 Å². The molecule has 1 unspecified atom stereocenters. The topological polar surface area (TPSA) is 29.9 Å². The van der Waals surface area contributed by atoms with Crippen molar-refractivity contribution >= 4 is 11.3 Å². The first-order valence-electron chi connectivity index (χ1n) is 5.53. The first-order valence-corrected chi connectivity index (χ1v) is 6.48. The van der Waals surface area contributed by atoms with Gasteiger partial charge in [-0.05, 0) is 41.4 Å². The van der Waals surface area contributed by atoms with Crippen LogP contribution in [0.3, 0.4) is 0 Å². The van der Waals surface area contributed by atoms with Gasteiger partial charge in [-0.1, -0.05) is 6.92 Å². The predicted molar refractivity (Wildman–Crippen MR) is 67.6 cm³/mol. The summed E-state index contributed by atoms with van der Waals surface area (Å²) in [4.78, 5) is 0. The van der Waals surface area contributed by atoms with E-state index in [1.54, 1.807) is 11.3 Å². The SMILES string of the molecule is CCNC(Cc1ccsc1)c1ccnn1C. The van der Waals surface area contributed by atoms with E-state index >= 15 is 0 Å². The molecule has 2 heterocycles. The molecule has 0 amide bonds. The van der Waals surface area contributed by atoms with Crippen molar-refractivity contribution in [2.45, 2.75) is 19.4 Å². The van der Waals surface area contributed by atoms with Crippen molar-refractivity contribution in [3.63, 3.8) is 0 Å². The summed E-state index contributed by atoms with van der Waals surface area (Å²) in [6, 6.07) is 4.62. The van der Waals surface area contributed by atoms with Crippen molar-refractivity contribution in [2.75, 3.05) is 6.54 Å². The molecule has 3 nitrogen and oxygen atoms in total. The largest absolute Gasteiger partial charge is 0.309 e. The van der Waals surface area contributed by atoms with Gasteiger partial charge in [-0.15, -0.1) is 0 Å². The Bertz CT molecular complexity index is 419. The van der Waals surface area contributed by atoms with Crippen LogP contribution in [0, 0.1) is 0 Å². The molecule has 0 saturated heterocycles. The number of hydrogen-bond acceptors (Lipinski definition) is 3. The van der Waals surface area contributed by atoms with Gasteiger partial charge < -0.3 is 5.32 Å². The Hall–Kier alpha value is -1.13. The van der Waals surface area contributed by atoms with Crippen LogP contribution in [0.4, 0.5) is 0 Å². The number of nitrogens with zero attached hydrogens (tertiary/aromatic N) is 2. The molecule has 2 rings (SSSR count). The summed E-state index contributed by atoms with van der Waals surface area (Å²) in [5, 5.41) is 12.1. The third-order valence-corrected chi connectivity index (χ3v) is 3.42. The minimum absolute atomic E-state index is 0.354. The Kier molecular flexibility index (Phi) is 3.74. The highest BCUT2D eigenvalue weighted by molar-refractivity contribution is 7.07. The molecule has 0 fully saturated rings. The van der Waals surface area contributed by atoms with Gasteiger partial charge in [0.1, 0.15) is 0 Å². The highest BCUT2D eigenvalue weighted by Gasteiger charge is 2.14. The standard InChI is InChI=1S/C12H17N3S/c1-3-13-11(8-10-5-7-16-9-10)12-4-6-14-15(12)2/h4-7,9,11,13H,3,8H2,1-2H3. The quantitative estimate of drug-likeness (QED) is 0.862. The zero-order chi connectivity index (χ0) is 11.4. The predicted octanol–water partition coefficient (Wildman–Crippen LogP) is 2.37. The van der Waals surface area contributed by atoms with E-state index in [0.717, 1.165) is 13.0 Å². The smallest absolute Gasteiger partial charge is 0.0553 e. The Balaban J connectivity index is 2.14. The van der Waals surface area contributed by atoms with Gasteiger partial charge in [0.05, 0.1) is 11.7 Å². The maximum atomic E-state index is 4.23. The minimum atomic E-state index is 0.354. The van der Waals surface area contributed by atoms with Crippen LogP contribution in [0.2, 0.25) is 0 Å². The summed E-state index contributed by atoms with van der Waals surface area (Å²) < 4.78 is 1.94. The molecule has 86 valence electrons. The molecule has 0 radical (unpaired) electrons. The van der Waals surface area contributed by atoms with Gasteiger partial charge >= 0.3 is 0 Å². The van der Waals surface area contributed by atoms with Crippen molar-refractivity contribution in [1.29, 1.82) is 0 Å². The van der Waals surface area contributed by atoms with Gasteiger partial charge in [0, 0.05) is 13.2 Å². The highest BCUT2D eigenvalue weighted by atomic mass is 32.1. The maximum absolute atomic E-state index is 4.23. The van der Waals surface area contributed by atoms with Crippen molar-refractivity contribution in [3.8, 4) is 0 Å². The molecule has 1 N–H and O–H groups in total. The molecule has 0 aliphatic carbocycles. The molecule has 1 atom stereocenters. The van der Waals surface area contributed by atoms with Gasteiger partial charge in [0.2, 0.25) is 0 Å². The lowest BCUT2D eigenvalue weighted by molar-refractivity contribution is 0.508. The van der Waals surface area contributed by atoms with E-state index < -0.39 is 0 Å². The van der Waals surface area contributed by atoms with Gasteiger partial charge in [-0.3, -0.25) is 4.68 Å². The van der Waals surface area contributed by atoms with Crippen LogP contribution in [0.15, 0.2) is 29.1 Å². The lowest BCUT2D eigenvalue weighted by Crippen LogP contribution is -2.25. The fraction of sp³-hybridized carbons (Fsp3) is 0.417. The number of thiophene rings is 1. The Morgan fingerprint density at radius 3 is 2.94 bits per heavy atom. The average molecular weight is 235 g/mol. The number of nitrogens with one attached hydrogen (secondary N) is 1. The Morgan fingerprint density at radius 2 is 2.38 bits per heavy atom. The molecular weight excluding hydrogens is 218 g/mol. The van der Waals surface area contributed by atoms with E-state index in [4.69, 9.17) is 0 Å². The molecular formula is C12H17N3S. The van der Waals surface area contributed by atoms with E-state index in [0.29, 0.717) is 6.04 Å². The molecule has 4 heteroatoms. The van der Waals surface area contributed by atoms with Crippen molar-refractivity contribution < 1.29 is 0 Å². The van der Waals surface area contributed by atoms with E-state index in [1.165, 1.54) is 11.3 Å². The third kappa shape index (κ3) is 2.51. The van der Waals surface area contributed by atoms with E-state index in [-0.39, 0.29) is 0 Å². The zero-order valence-corrected chi connectivity index (χ0v) is 10.5. The molecule has 16 heavy (non-hydrogen) atoms. The molecule has 0 aliphatic rings. The molecule has 2 aromatic heterocycles. The van der Waals surface area contributed by atoms with Crippen LogP contribution >= 0.6 is 11.3 Å². The Labute approximate surface area is 100 Å². The van der Waals surface area contributed by atoms with Crippen LogP contribution in [0.1, 0.15) is 24.2 Å². The molecule has 2 aromatic rings. The number of likely N-dealkylation sites (N-methyl/N-ethyl adjacent to an activating group) is 1. The molecule has 0 bridgehead atoms. The van der Waals surface area contributed by atoms with E-state index in [1.807, 2.05) is 17.9 Å². The summed E-state index contributed by atoms with van der Waals surface area (Å²) in [5.74, 6) is 0. The van der Waals surface area contributed by atoms with Crippen LogP contribution in [-0.2, 0) is 13.5 Å². The summed E-state index contributed by atoms with van der Waals surface area (Å²) >= 11 is 1.75. The van der Waals surface area contributed by atoms with E-state index in [9.17, 15) is 0 Å². The summed E-state index contributed by atoms with van der Waals surface area (Å²) in [7, 11) is 1.99. The first-order chi connectivity index (χ1) is 7.81. The third-order valence-electron chi connectivity index (χ3n) is 2.69. The highest BCUT2D eigenvalue weighted by Crippen LogP contribution is 2.19. The van der Waals surface area contributed by atoms with Crippen molar-refractivity contribution in [3.05, 3.63) is 40.3 Å². The normalized spacial score (nSPS) is 12.9. The van der Waals surface area contributed by atoms with Gasteiger partial charge in [0.15, 0.2) is 0 Å². The van der Waals surface area contributed by atoms with Crippen LogP contribution in [-0.4, -0.2) is 16.3 Å². The molecule has 0 aliphatic heterocycles. The van der Waals surface area contributed by atoms with Gasteiger partial charge in [0.25, 0.3) is 0 Å². The number of rotatable bonds is 5.